The zero-order valence-corrected chi connectivity index (χ0v) is 12.0. The summed E-state index contributed by atoms with van der Waals surface area (Å²) in [7, 11) is 0. The van der Waals surface area contributed by atoms with Gasteiger partial charge in [-0.2, -0.15) is 5.26 Å². The first-order chi connectivity index (χ1) is 10.8. The van der Waals surface area contributed by atoms with E-state index in [-0.39, 0.29) is 5.57 Å². The molecule has 7 heteroatoms. The smallest absolute Gasteiger partial charge is 0.268 e. The monoisotopic (exact) mass is 307 g/mol. The van der Waals surface area contributed by atoms with Gasteiger partial charge in [0.1, 0.15) is 11.6 Å². The minimum atomic E-state index is -0.521. The highest BCUT2D eigenvalue weighted by molar-refractivity contribution is 7.13. The number of hydrogen-bond acceptors (Lipinski definition) is 6. The molecule has 0 aliphatic heterocycles. The maximum atomic E-state index is 12.0. The van der Waals surface area contributed by atoms with E-state index in [1.165, 1.54) is 23.6 Å². The van der Waals surface area contributed by atoms with Gasteiger partial charge < -0.3 is 0 Å². The number of fused-ring (bicyclic) bond motifs is 1. The third-order valence-electron chi connectivity index (χ3n) is 2.78. The summed E-state index contributed by atoms with van der Waals surface area (Å²) in [5, 5.41) is 13.9. The van der Waals surface area contributed by atoms with Crippen molar-refractivity contribution in [1.82, 2.24) is 15.0 Å². The Kier molecular flexibility index (Phi) is 3.85. The van der Waals surface area contributed by atoms with E-state index >= 15 is 0 Å². The summed E-state index contributed by atoms with van der Waals surface area (Å²) in [6, 6.07) is 9.26. The summed E-state index contributed by atoms with van der Waals surface area (Å²) < 4.78 is 0. The Labute approximate surface area is 129 Å². The molecule has 1 aromatic carbocycles. The number of carbonyl (C=O) groups excluding carboxylic acids is 1. The Morgan fingerprint density at radius 2 is 2.09 bits per heavy atom. The molecular formula is C15H9N5OS. The molecule has 106 valence electrons. The largest absolute Gasteiger partial charge is 0.297 e. The number of hydrogen-bond donors (Lipinski definition) is 1. The van der Waals surface area contributed by atoms with Gasteiger partial charge in [0.05, 0.1) is 22.9 Å². The lowest BCUT2D eigenvalue weighted by molar-refractivity contribution is -0.112. The maximum Gasteiger partial charge on any atom is 0.268 e. The molecule has 3 aromatic rings. The molecule has 2 aromatic heterocycles. The first kappa shape index (κ1) is 13.9. The number of rotatable bonds is 3. The van der Waals surface area contributed by atoms with Crippen molar-refractivity contribution in [3.8, 4) is 6.07 Å². The fraction of sp³-hybridized carbons (Fsp3) is 0. The number of amides is 1. The lowest BCUT2D eigenvalue weighted by atomic mass is 10.2. The zero-order chi connectivity index (χ0) is 15.4. The number of nitrogens with one attached hydrogen (secondary N) is 1. The highest BCUT2D eigenvalue weighted by Gasteiger charge is 2.11. The van der Waals surface area contributed by atoms with Gasteiger partial charge in [-0.25, -0.2) is 9.97 Å². The summed E-state index contributed by atoms with van der Waals surface area (Å²) in [6.07, 6.45) is 4.50. The van der Waals surface area contributed by atoms with Crippen LogP contribution >= 0.6 is 11.3 Å². The third-order valence-corrected chi connectivity index (χ3v) is 3.47. The van der Waals surface area contributed by atoms with E-state index in [4.69, 9.17) is 5.26 Å². The van der Waals surface area contributed by atoms with Crippen LogP contribution in [0.4, 0.5) is 5.13 Å². The van der Waals surface area contributed by atoms with Gasteiger partial charge in [-0.1, -0.05) is 12.1 Å². The summed E-state index contributed by atoms with van der Waals surface area (Å²) in [4.78, 5) is 24.6. The molecule has 0 saturated heterocycles. The van der Waals surface area contributed by atoms with Crippen molar-refractivity contribution in [2.45, 2.75) is 0 Å². The summed E-state index contributed by atoms with van der Waals surface area (Å²) in [5.74, 6) is -0.521. The summed E-state index contributed by atoms with van der Waals surface area (Å²) in [6.45, 7) is 0. The zero-order valence-electron chi connectivity index (χ0n) is 11.2. The van der Waals surface area contributed by atoms with Crippen molar-refractivity contribution in [3.05, 3.63) is 53.3 Å². The molecule has 3 rings (SSSR count). The Morgan fingerprint density at radius 1 is 1.27 bits per heavy atom. The van der Waals surface area contributed by atoms with Crippen molar-refractivity contribution in [2.75, 3.05) is 5.32 Å². The number of benzene rings is 1. The number of nitrogens with zero attached hydrogens (tertiary/aromatic N) is 4. The molecule has 0 atom stereocenters. The van der Waals surface area contributed by atoms with Crippen LogP contribution in [0.25, 0.3) is 17.1 Å². The predicted octanol–water partition coefficient (Wildman–Crippen LogP) is 2.63. The number of carbonyl (C=O) groups is 1. The van der Waals surface area contributed by atoms with Crippen LogP contribution in [-0.4, -0.2) is 20.9 Å². The van der Waals surface area contributed by atoms with E-state index in [1.807, 2.05) is 30.3 Å². The Morgan fingerprint density at radius 3 is 2.82 bits per heavy atom. The van der Waals surface area contributed by atoms with Crippen molar-refractivity contribution < 1.29 is 4.79 Å². The fourth-order valence-corrected chi connectivity index (χ4v) is 2.31. The number of thiazole rings is 1. The summed E-state index contributed by atoms with van der Waals surface area (Å²) in [5.41, 5.74) is 1.85. The SMILES string of the molecule is N#C/C(=C\c1cnc2ccccc2n1)C(=O)Nc1nccs1. The lowest BCUT2D eigenvalue weighted by Gasteiger charge is -2.01. The van der Waals surface area contributed by atoms with Crippen molar-refractivity contribution in [1.29, 1.82) is 5.26 Å². The number of aromatic nitrogens is 3. The topological polar surface area (TPSA) is 91.6 Å². The van der Waals surface area contributed by atoms with E-state index in [9.17, 15) is 4.79 Å². The van der Waals surface area contributed by atoms with Gasteiger partial charge >= 0.3 is 0 Å². The minimum absolute atomic E-state index is 0.0558. The van der Waals surface area contributed by atoms with Gasteiger partial charge in [-0.3, -0.25) is 15.1 Å². The molecule has 22 heavy (non-hydrogen) atoms. The van der Waals surface area contributed by atoms with Gasteiger partial charge in [0, 0.05) is 11.6 Å². The van der Waals surface area contributed by atoms with Gasteiger partial charge in [0.25, 0.3) is 5.91 Å². The molecular weight excluding hydrogens is 298 g/mol. The first-order valence-corrected chi connectivity index (χ1v) is 7.18. The Balaban J connectivity index is 1.89. The lowest BCUT2D eigenvalue weighted by Crippen LogP contribution is -2.13. The van der Waals surface area contributed by atoms with Crippen molar-refractivity contribution >= 4 is 39.5 Å². The predicted molar refractivity (Wildman–Crippen MR) is 83.9 cm³/mol. The van der Waals surface area contributed by atoms with Crippen LogP contribution in [0.1, 0.15) is 5.69 Å². The van der Waals surface area contributed by atoms with Crippen LogP contribution in [0.3, 0.4) is 0 Å². The molecule has 1 N–H and O–H groups in total. The summed E-state index contributed by atoms with van der Waals surface area (Å²) >= 11 is 1.28. The maximum absolute atomic E-state index is 12.0. The average molecular weight is 307 g/mol. The van der Waals surface area contributed by atoms with Crippen LogP contribution < -0.4 is 5.32 Å². The van der Waals surface area contributed by atoms with E-state index in [1.54, 1.807) is 11.6 Å². The standard InChI is InChI=1S/C15H9N5OS/c16-8-10(14(21)20-15-17-5-6-22-15)7-11-9-18-12-3-1-2-4-13(12)19-11/h1-7,9H,(H,17,20,21)/b10-7+. The number of anilines is 1. The van der Waals surface area contributed by atoms with Crippen LogP contribution in [0.5, 0.6) is 0 Å². The second-order valence-electron chi connectivity index (χ2n) is 4.24. The molecule has 0 fully saturated rings. The molecule has 0 radical (unpaired) electrons. The molecule has 6 nitrogen and oxygen atoms in total. The number of para-hydroxylation sites is 2. The molecule has 0 aliphatic carbocycles. The highest BCUT2D eigenvalue weighted by atomic mass is 32.1. The average Bonchev–Trinajstić information content (AvgIpc) is 3.05. The quantitative estimate of drug-likeness (QED) is 0.593. The molecule has 0 unspecified atom stereocenters. The second kappa shape index (κ2) is 6.11. The molecule has 0 saturated carbocycles. The van der Waals surface area contributed by atoms with Gasteiger partial charge in [-0.15, -0.1) is 11.3 Å². The Hall–Kier alpha value is -3.11. The van der Waals surface area contributed by atoms with Gasteiger partial charge in [0.15, 0.2) is 5.13 Å². The first-order valence-electron chi connectivity index (χ1n) is 6.31. The minimum Gasteiger partial charge on any atom is -0.297 e. The molecule has 0 aliphatic rings. The van der Waals surface area contributed by atoms with E-state index in [0.29, 0.717) is 16.3 Å². The Bertz CT molecular complexity index is 896. The van der Waals surface area contributed by atoms with E-state index < -0.39 is 5.91 Å². The van der Waals surface area contributed by atoms with Crippen LogP contribution in [0, 0.1) is 11.3 Å². The normalized spacial score (nSPS) is 11.1. The molecule has 0 spiro atoms. The van der Waals surface area contributed by atoms with Crippen molar-refractivity contribution in [3.63, 3.8) is 0 Å². The third kappa shape index (κ3) is 2.97. The van der Waals surface area contributed by atoms with E-state index in [2.05, 4.69) is 20.3 Å². The molecule has 2 heterocycles. The molecule has 1 amide bonds. The van der Waals surface area contributed by atoms with Crippen LogP contribution in [0.2, 0.25) is 0 Å². The highest BCUT2D eigenvalue weighted by Crippen LogP contribution is 2.14. The van der Waals surface area contributed by atoms with Gasteiger partial charge in [-0.05, 0) is 18.2 Å². The van der Waals surface area contributed by atoms with E-state index in [0.717, 1.165) is 5.52 Å². The second-order valence-corrected chi connectivity index (χ2v) is 5.14. The van der Waals surface area contributed by atoms with Gasteiger partial charge in [0.2, 0.25) is 0 Å². The van der Waals surface area contributed by atoms with Crippen molar-refractivity contribution in [2.24, 2.45) is 0 Å². The van der Waals surface area contributed by atoms with Crippen LogP contribution in [-0.2, 0) is 4.79 Å². The van der Waals surface area contributed by atoms with Crippen LogP contribution in [0.15, 0.2) is 47.6 Å². The number of nitriles is 1. The molecule has 0 bridgehead atoms. The fourth-order valence-electron chi connectivity index (χ4n) is 1.79.